The van der Waals surface area contributed by atoms with E-state index in [4.69, 9.17) is 4.74 Å². The first-order chi connectivity index (χ1) is 16.3. The minimum Gasteiger partial charge on any atom is -0.467 e. The Morgan fingerprint density at radius 3 is 2.68 bits per heavy atom. The zero-order valence-electron chi connectivity index (χ0n) is 20.0. The molecule has 10 nitrogen and oxygen atoms in total. The number of pyridine rings is 1. The van der Waals surface area contributed by atoms with Gasteiger partial charge in [-0.25, -0.2) is 9.97 Å². The lowest BCUT2D eigenvalue weighted by Gasteiger charge is -2.38. The molecule has 10 heteroatoms. The van der Waals surface area contributed by atoms with Gasteiger partial charge in [-0.2, -0.15) is 10.1 Å². The average Bonchev–Trinajstić information content (AvgIpc) is 3.18. The van der Waals surface area contributed by atoms with Crippen molar-refractivity contribution in [2.45, 2.75) is 32.9 Å². The molecule has 0 unspecified atom stereocenters. The molecule has 0 radical (unpaired) electrons. The van der Waals surface area contributed by atoms with E-state index in [-0.39, 0.29) is 11.9 Å². The largest absolute Gasteiger partial charge is 0.467 e. The number of amides is 1. The molecule has 1 aromatic carbocycles. The highest BCUT2D eigenvalue weighted by atomic mass is 16.5. The number of carbonyl (C=O) groups excluding carboxylic acids is 1. The van der Waals surface area contributed by atoms with Crippen molar-refractivity contribution in [2.24, 2.45) is 7.05 Å². The van der Waals surface area contributed by atoms with Crippen LogP contribution in [0, 0.1) is 6.92 Å². The average molecular weight is 461 g/mol. The topological polar surface area (TPSA) is 110 Å². The van der Waals surface area contributed by atoms with Crippen LogP contribution in [-0.4, -0.2) is 62.9 Å². The van der Waals surface area contributed by atoms with E-state index < -0.39 is 0 Å². The summed E-state index contributed by atoms with van der Waals surface area (Å²) in [5, 5.41) is 12.6. The molecule has 0 aliphatic carbocycles. The number of methoxy groups -OCH3 is 1. The lowest BCUT2D eigenvalue weighted by Crippen LogP contribution is -2.54. The first kappa shape index (κ1) is 22.0. The van der Waals surface area contributed by atoms with E-state index in [9.17, 15) is 4.79 Å². The third-order valence-electron chi connectivity index (χ3n) is 6.05. The standard InChI is InChI=1S/C24H28N8O2/c1-13-10-32(11-14(2)26-13)19-7-6-17(22-18(19)9-25-24(29-22)34-5)23(33)28-20-8-16-12-31(4)30-21(16)15(3)27-20/h6-9,12-14,26H,10-11H2,1-5H3,(H,28,33)/t13-,14-/m1/s1. The summed E-state index contributed by atoms with van der Waals surface area (Å²) >= 11 is 0. The fraction of sp³-hybridized carbons (Fsp3) is 0.375. The van der Waals surface area contributed by atoms with E-state index in [0.29, 0.717) is 29.0 Å². The lowest BCUT2D eigenvalue weighted by molar-refractivity contribution is 0.102. The molecule has 1 amide bonds. The van der Waals surface area contributed by atoms with E-state index in [1.807, 2.05) is 38.4 Å². The fourth-order valence-corrected chi connectivity index (χ4v) is 4.72. The van der Waals surface area contributed by atoms with Crippen molar-refractivity contribution in [2.75, 3.05) is 30.4 Å². The molecule has 5 rings (SSSR count). The van der Waals surface area contributed by atoms with Gasteiger partial charge in [0.15, 0.2) is 0 Å². The van der Waals surface area contributed by atoms with Crippen molar-refractivity contribution >= 4 is 39.2 Å². The molecule has 0 bridgehead atoms. The maximum atomic E-state index is 13.4. The fourth-order valence-electron chi connectivity index (χ4n) is 4.72. The molecule has 34 heavy (non-hydrogen) atoms. The summed E-state index contributed by atoms with van der Waals surface area (Å²) in [5.41, 5.74) is 3.54. The third-order valence-corrected chi connectivity index (χ3v) is 6.05. The maximum Gasteiger partial charge on any atom is 0.316 e. The van der Waals surface area contributed by atoms with Crippen LogP contribution in [0.25, 0.3) is 21.8 Å². The molecule has 0 saturated carbocycles. The summed E-state index contributed by atoms with van der Waals surface area (Å²) in [6, 6.07) is 6.51. The van der Waals surface area contributed by atoms with Crippen molar-refractivity contribution in [1.29, 1.82) is 0 Å². The molecule has 4 heterocycles. The first-order valence-electron chi connectivity index (χ1n) is 11.3. The number of rotatable bonds is 4. The Hall–Kier alpha value is -3.79. The van der Waals surface area contributed by atoms with Crippen molar-refractivity contribution in [3.8, 4) is 6.01 Å². The van der Waals surface area contributed by atoms with Gasteiger partial charge in [0.25, 0.3) is 5.91 Å². The van der Waals surface area contributed by atoms with Gasteiger partial charge < -0.3 is 20.3 Å². The molecule has 2 atom stereocenters. The zero-order valence-corrected chi connectivity index (χ0v) is 20.0. The Labute approximate surface area is 197 Å². The maximum absolute atomic E-state index is 13.4. The van der Waals surface area contributed by atoms with Crippen LogP contribution < -0.4 is 20.3 Å². The number of anilines is 2. The number of nitrogens with one attached hydrogen (secondary N) is 2. The van der Waals surface area contributed by atoms with Gasteiger partial charge in [-0.3, -0.25) is 9.48 Å². The predicted octanol–water partition coefficient (Wildman–Crippen LogP) is 2.67. The van der Waals surface area contributed by atoms with E-state index in [1.54, 1.807) is 10.9 Å². The van der Waals surface area contributed by atoms with Crippen molar-refractivity contribution in [1.82, 2.24) is 30.0 Å². The molecule has 1 fully saturated rings. The van der Waals surface area contributed by atoms with Gasteiger partial charge in [-0.15, -0.1) is 0 Å². The highest BCUT2D eigenvalue weighted by Crippen LogP contribution is 2.31. The van der Waals surface area contributed by atoms with Crippen LogP contribution in [0.1, 0.15) is 29.9 Å². The summed E-state index contributed by atoms with van der Waals surface area (Å²) < 4.78 is 7.00. The minimum absolute atomic E-state index is 0.214. The molecule has 3 aromatic heterocycles. The Bertz CT molecular complexity index is 1390. The summed E-state index contributed by atoms with van der Waals surface area (Å²) in [6.45, 7) is 7.92. The number of carbonyl (C=O) groups is 1. The molecule has 1 aliphatic heterocycles. The molecule has 4 aromatic rings. The Balaban J connectivity index is 1.54. The van der Waals surface area contributed by atoms with Crippen LogP contribution in [0.4, 0.5) is 11.5 Å². The van der Waals surface area contributed by atoms with Crippen LogP contribution in [0.5, 0.6) is 6.01 Å². The lowest BCUT2D eigenvalue weighted by atomic mass is 10.0. The van der Waals surface area contributed by atoms with Gasteiger partial charge in [0.05, 0.1) is 23.9 Å². The molecular formula is C24H28N8O2. The number of nitrogens with zero attached hydrogens (tertiary/aromatic N) is 6. The highest BCUT2D eigenvalue weighted by molar-refractivity contribution is 6.13. The number of hydrogen-bond acceptors (Lipinski definition) is 8. The number of aryl methyl sites for hydroxylation is 2. The van der Waals surface area contributed by atoms with Gasteiger partial charge in [-0.05, 0) is 39.0 Å². The molecule has 176 valence electrons. The number of fused-ring (bicyclic) bond motifs is 2. The minimum atomic E-state index is -0.297. The van der Waals surface area contributed by atoms with E-state index in [0.717, 1.165) is 40.8 Å². The van der Waals surface area contributed by atoms with Crippen LogP contribution in [0.2, 0.25) is 0 Å². The number of aromatic nitrogens is 5. The Kier molecular flexibility index (Phi) is 5.52. The van der Waals surface area contributed by atoms with Gasteiger partial charge in [-0.1, -0.05) is 0 Å². The predicted molar refractivity (Wildman–Crippen MR) is 132 cm³/mol. The number of ether oxygens (including phenoxy) is 1. The molecule has 0 spiro atoms. The van der Waals surface area contributed by atoms with Crippen molar-refractivity contribution in [3.63, 3.8) is 0 Å². The van der Waals surface area contributed by atoms with E-state index >= 15 is 0 Å². The van der Waals surface area contributed by atoms with Crippen LogP contribution in [0.3, 0.4) is 0 Å². The number of hydrogen-bond donors (Lipinski definition) is 2. The first-order valence-corrected chi connectivity index (χ1v) is 11.3. The zero-order chi connectivity index (χ0) is 24.0. The van der Waals surface area contributed by atoms with Crippen LogP contribution >= 0.6 is 0 Å². The second kappa shape index (κ2) is 8.53. The number of benzene rings is 1. The van der Waals surface area contributed by atoms with Gasteiger partial charge in [0.2, 0.25) is 0 Å². The Morgan fingerprint density at radius 2 is 1.94 bits per heavy atom. The van der Waals surface area contributed by atoms with Gasteiger partial charge in [0, 0.05) is 61.1 Å². The van der Waals surface area contributed by atoms with Crippen molar-refractivity contribution in [3.05, 3.63) is 41.9 Å². The summed E-state index contributed by atoms with van der Waals surface area (Å²) in [6.07, 6.45) is 3.63. The molecular weight excluding hydrogens is 432 g/mol. The molecule has 2 N–H and O–H groups in total. The van der Waals surface area contributed by atoms with E-state index in [2.05, 4.69) is 49.4 Å². The molecule has 1 saturated heterocycles. The SMILES string of the molecule is COc1ncc2c(N3C[C@@H](C)N[C@H](C)C3)ccc(C(=O)Nc3cc4cn(C)nc4c(C)n3)c2n1. The van der Waals surface area contributed by atoms with Gasteiger partial charge >= 0.3 is 6.01 Å². The Morgan fingerprint density at radius 1 is 1.18 bits per heavy atom. The second-order valence-electron chi connectivity index (χ2n) is 8.91. The smallest absolute Gasteiger partial charge is 0.316 e. The van der Waals surface area contributed by atoms with Crippen molar-refractivity contribution < 1.29 is 9.53 Å². The quantitative estimate of drug-likeness (QED) is 0.478. The highest BCUT2D eigenvalue weighted by Gasteiger charge is 2.25. The van der Waals surface area contributed by atoms with Gasteiger partial charge in [0.1, 0.15) is 11.3 Å². The number of piperazine rings is 1. The summed E-state index contributed by atoms with van der Waals surface area (Å²) in [5.74, 6) is 0.167. The summed E-state index contributed by atoms with van der Waals surface area (Å²) in [4.78, 5) is 29.1. The van der Waals surface area contributed by atoms with Crippen LogP contribution in [-0.2, 0) is 7.05 Å². The molecule has 1 aliphatic rings. The second-order valence-corrected chi connectivity index (χ2v) is 8.91. The normalized spacial score (nSPS) is 18.4. The van der Waals surface area contributed by atoms with Crippen LogP contribution in [0.15, 0.2) is 30.6 Å². The van der Waals surface area contributed by atoms with E-state index in [1.165, 1.54) is 7.11 Å². The monoisotopic (exact) mass is 460 g/mol. The summed E-state index contributed by atoms with van der Waals surface area (Å²) in [7, 11) is 3.37. The third kappa shape index (κ3) is 4.01.